The van der Waals surface area contributed by atoms with E-state index in [-0.39, 0.29) is 5.57 Å². The van der Waals surface area contributed by atoms with E-state index in [2.05, 4.69) is 10.3 Å². The summed E-state index contributed by atoms with van der Waals surface area (Å²) >= 11 is 0. The van der Waals surface area contributed by atoms with Crippen LogP contribution >= 0.6 is 0 Å². The van der Waals surface area contributed by atoms with E-state index in [0.29, 0.717) is 17.9 Å². The fourth-order valence-corrected chi connectivity index (χ4v) is 2.05. The first kappa shape index (κ1) is 16.2. The van der Waals surface area contributed by atoms with Crippen LogP contribution in [-0.2, 0) is 11.3 Å². The van der Waals surface area contributed by atoms with Crippen molar-refractivity contribution < 1.29 is 9.53 Å². The molecule has 0 radical (unpaired) electrons. The zero-order valence-electron chi connectivity index (χ0n) is 13.0. The van der Waals surface area contributed by atoms with E-state index in [0.717, 1.165) is 11.1 Å². The first-order chi connectivity index (χ1) is 11.1. The minimum atomic E-state index is -0.431. The normalized spacial score (nSPS) is 10.7. The molecule has 0 bridgehead atoms. The number of nitrogens with one attached hydrogen (secondary N) is 1. The van der Waals surface area contributed by atoms with E-state index in [4.69, 9.17) is 4.74 Å². The molecule has 0 aliphatic heterocycles. The number of amides is 1. The molecule has 1 aromatic heterocycles. The number of hydrogen-bond acceptors (Lipinski definition) is 4. The third-order valence-electron chi connectivity index (χ3n) is 3.23. The number of rotatable bonds is 5. The third-order valence-corrected chi connectivity index (χ3v) is 3.23. The Kier molecular flexibility index (Phi) is 5.48. The van der Waals surface area contributed by atoms with Crippen LogP contribution in [0.25, 0.3) is 6.08 Å². The zero-order chi connectivity index (χ0) is 16.7. The Balaban J connectivity index is 2.17. The van der Waals surface area contributed by atoms with Gasteiger partial charge in [-0.15, -0.1) is 0 Å². The highest BCUT2D eigenvalue weighted by Gasteiger charge is 2.10. The van der Waals surface area contributed by atoms with Gasteiger partial charge in [-0.1, -0.05) is 17.7 Å². The fourth-order valence-electron chi connectivity index (χ4n) is 2.05. The minimum absolute atomic E-state index is 0.0257. The molecule has 5 nitrogen and oxygen atoms in total. The molecule has 0 saturated heterocycles. The monoisotopic (exact) mass is 307 g/mol. The number of carbonyl (C=O) groups is 1. The van der Waals surface area contributed by atoms with Crippen LogP contribution in [0.5, 0.6) is 5.75 Å². The Morgan fingerprint density at radius 2 is 2.26 bits per heavy atom. The molecule has 2 aromatic rings. The molecule has 1 amide bonds. The molecule has 0 atom stereocenters. The number of aryl methyl sites for hydroxylation is 1. The van der Waals surface area contributed by atoms with Crippen molar-refractivity contribution >= 4 is 12.0 Å². The number of pyridine rings is 1. The van der Waals surface area contributed by atoms with Gasteiger partial charge in [0.1, 0.15) is 17.4 Å². The quantitative estimate of drug-likeness (QED) is 0.680. The van der Waals surface area contributed by atoms with Gasteiger partial charge >= 0.3 is 0 Å². The average Bonchev–Trinajstić information content (AvgIpc) is 2.58. The lowest BCUT2D eigenvalue weighted by Crippen LogP contribution is -2.24. The fraction of sp³-hybridized carbons (Fsp3) is 0.167. The van der Waals surface area contributed by atoms with Crippen molar-refractivity contribution in [2.45, 2.75) is 13.5 Å². The Morgan fingerprint density at radius 3 is 2.91 bits per heavy atom. The molecule has 5 heteroatoms. The molecular formula is C18H17N3O2. The summed E-state index contributed by atoms with van der Waals surface area (Å²) in [6.07, 6.45) is 4.86. The Bertz CT molecular complexity index is 762. The second-order valence-electron chi connectivity index (χ2n) is 4.96. The topological polar surface area (TPSA) is 75.0 Å². The van der Waals surface area contributed by atoms with E-state index in [1.165, 1.54) is 6.08 Å². The van der Waals surface area contributed by atoms with Crippen molar-refractivity contribution in [3.05, 3.63) is 65.0 Å². The summed E-state index contributed by atoms with van der Waals surface area (Å²) in [6.45, 7) is 2.25. The summed E-state index contributed by atoms with van der Waals surface area (Å²) in [5, 5.41) is 12.0. The third kappa shape index (κ3) is 4.42. The van der Waals surface area contributed by atoms with Gasteiger partial charge in [0.15, 0.2) is 0 Å². The molecular weight excluding hydrogens is 290 g/mol. The van der Waals surface area contributed by atoms with Crippen molar-refractivity contribution in [2.75, 3.05) is 7.11 Å². The number of methoxy groups -OCH3 is 1. The highest BCUT2D eigenvalue weighted by Crippen LogP contribution is 2.22. The molecule has 1 aromatic carbocycles. The van der Waals surface area contributed by atoms with Gasteiger partial charge in [-0.25, -0.2) is 0 Å². The molecule has 0 saturated carbocycles. The highest BCUT2D eigenvalue weighted by atomic mass is 16.5. The molecule has 0 unspecified atom stereocenters. The lowest BCUT2D eigenvalue weighted by molar-refractivity contribution is -0.117. The van der Waals surface area contributed by atoms with Crippen LogP contribution < -0.4 is 10.1 Å². The van der Waals surface area contributed by atoms with Crippen LogP contribution in [0.15, 0.2) is 48.3 Å². The maximum Gasteiger partial charge on any atom is 0.262 e. The summed E-state index contributed by atoms with van der Waals surface area (Å²) in [5.74, 6) is 0.184. The van der Waals surface area contributed by atoms with Gasteiger partial charge in [-0.3, -0.25) is 9.78 Å². The Morgan fingerprint density at radius 1 is 1.43 bits per heavy atom. The second kappa shape index (κ2) is 7.76. The van der Waals surface area contributed by atoms with E-state index in [9.17, 15) is 10.1 Å². The maximum absolute atomic E-state index is 12.2. The average molecular weight is 307 g/mol. The van der Waals surface area contributed by atoms with Gasteiger partial charge in [0, 0.05) is 24.5 Å². The number of nitrogens with zero attached hydrogens (tertiary/aromatic N) is 2. The minimum Gasteiger partial charge on any atom is -0.496 e. The molecule has 2 rings (SSSR count). The van der Waals surface area contributed by atoms with Crippen molar-refractivity contribution in [1.82, 2.24) is 10.3 Å². The van der Waals surface area contributed by atoms with Crippen LogP contribution in [0.4, 0.5) is 0 Å². The highest BCUT2D eigenvalue weighted by molar-refractivity contribution is 6.01. The van der Waals surface area contributed by atoms with Crippen molar-refractivity contribution in [3.63, 3.8) is 0 Å². The van der Waals surface area contributed by atoms with E-state index in [1.54, 1.807) is 25.6 Å². The molecule has 1 heterocycles. The molecule has 116 valence electrons. The summed E-state index contributed by atoms with van der Waals surface area (Å²) in [7, 11) is 1.55. The summed E-state index contributed by atoms with van der Waals surface area (Å²) in [5.41, 5.74) is 2.61. The van der Waals surface area contributed by atoms with Gasteiger partial charge in [0.25, 0.3) is 5.91 Å². The van der Waals surface area contributed by atoms with Crippen molar-refractivity contribution in [3.8, 4) is 11.8 Å². The molecule has 1 N–H and O–H groups in total. The standard InChI is InChI=1S/C18H17N3O2/c1-13-5-6-17(23-2)15(8-13)9-16(10-19)18(22)21-12-14-4-3-7-20-11-14/h3-9,11H,12H2,1-2H3,(H,21,22)/b16-9+. The number of carbonyl (C=O) groups excluding carboxylic acids is 1. The van der Waals surface area contributed by atoms with Gasteiger partial charge in [-0.05, 0) is 36.8 Å². The second-order valence-corrected chi connectivity index (χ2v) is 4.96. The molecule has 23 heavy (non-hydrogen) atoms. The summed E-state index contributed by atoms with van der Waals surface area (Å²) < 4.78 is 5.26. The van der Waals surface area contributed by atoms with Crippen molar-refractivity contribution in [1.29, 1.82) is 5.26 Å². The van der Waals surface area contributed by atoms with Crippen molar-refractivity contribution in [2.24, 2.45) is 0 Å². The van der Waals surface area contributed by atoms with Crippen LogP contribution in [0.2, 0.25) is 0 Å². The zero-order valence-corrected chi connectivity index (χ0v) is 13.0. The van der Waals surface area contributed by atoms with E-state index in [1.807, 2.05) is 37.3 Å². The number of nitriles is 1. The largest absolute Gasteiger partial charge is 0.496 e. The van der Waals surface area contributed by atoms with E-state index >= 15 is 0 Å². The van der Waals surface area contributed by atoms with Crippen LogP contribution in [0.1, 0.15) is 16.7 Å². The predicted octanol–water partition coefficient (Wildman–Crippen LogP) is 2.62. The van der Waals surface area contributed by atoms with Gasteiger partial charge < -0.3 is 10.1 Å². The van der Waals surface area contributed by atoms with Gasteiger partial charge in [0.2, 0.25) is 0 Å². The van der Waals surface area contributed by atoms with Crippen LogP contribution in [0, 0.1) is 18.3 Å². The lowest BCUT2D eigenvalue weighted by atomic mass is 10.1. The number of hydrogen-bond donors (Lipinski definition) is 1. The van der Waals surface area contributed by atoms with Crippen LogP contribution in [0.3, 0.4) is 0 Å². The SMILES string of the molecule is COc1ccc(C)cc1/C=C(\C#N)C(=O)NCc1cccnc1. The first-order valence-electron chi connectivity index (χ1n) is 7.07. The molecule has 0 fully saturated rings. The maximum atomic E-state index is 12.2. The van der Waals surface area contributed by atoms with E-state index < -0.39 is 5.91 Å². The van der Waals surface area contributed by atoms with Gasteiger partial charge in [0.05, 0.1) is 7.11 Å². The smallest absolute Gasteiger partial charge is 0.262 e. The molecule has 0 spiro atoms. The molecule has 0 aliphatic rings. The Hall–Kier alpha value is -3.13. The number of ether oxygens (including phenoxy) is 1. The predicted molar refractivity (Wildman–Crippen MR) is 87.4 cm³/mol. The Labute approximate surface area is 135 Å². The van der Waals surface area contributed by atoms with Gasteiger partial charge in [-0.2, -0.15) is 5.26 Å². The first-order valence-corrected chi connectivity index (χ1v) is 7.07. The summed E-state index contributed by atoms with van der Waals surface area (Å²) in [4.78, 5) is 16.2. The summed E-state index contributed by atoms with van der Waals surface area (Å²) in [6, 6.07) is 11.2. The number of benzene rings is 1. The lowest BCUT2D eigenvalue weighted by Gasteiger charge is -2.07. The molecule has 0 aliphatic carbocycles. The number of aromatic nitrogens is 1. The van der Waals surface area contributed by atoms with Crippen LogP contribution in [-0.4, -0.2) is 18.0 Å².